The number of aromatic hydroxyl groups is 1. The van der Waals surface area contributed by atoms with Crippen LogP contribution in [0.1, 0.15) is 24.0 Å². The number of anilines is 1. The van der Waals surface area contributed by atoms with E-state index in [0.29, 0.717) is 5.75 Å². The number of rotatable bonds is 2. The van der Waals surface area contributed by atoms with E-state index in [0.717, 1.165) is 45.6 Å². The number of phenols is 1. The largest absolute Gasteiger partial charge is 0.508 e. The summed E-state index contributed by atoms with van der Waals surface area (Å²) in [4.78, 5) is 9.79. The number of phenolic OH excluding ortho intramolecular Hbond substituents is 1. The molecule has 5 heteroatoms. The first kappa shape index (κ1) is 15.7. The van der Waals surface area contributed by atoms with Crippen molar-refractivity contribution < 1.29 is 5.11 Å². The van der Waals surface area contributed by atoms with Gasteiger partial charge in [-0.2, -0.15) is 0 Å². The van der Waals surface area contributed by atoms with E-state index in [2.05, 4.69) is 45.4 Å². The Balaban J connectivity index is 1.35. The molecule has 0 bridgehead atoms. The molecule has 0 aliphatic carbocycles. The van der Waals surface area contributed by atoms with Gasteiger partial charge in [0.15, 0.2) is 0 Å². The zero-order valence-electron chi connectivity index (χ0n) is 14.9. The topological polar surface area (TPSA) is 51.1 Å². The molecular weight excluding hydrogens is 324 g/mol. The van der Waals surface area contributed by atoms with Crippen molar-refractivity contribution >= 4 is 11.5 Å². The molecule has 2 aromatic carbocycles. The van der Waals surface area contributed by atoms with Crippen molar-refractivity contribution in [3.8, 4) is 5.75 Å². The van der Waals surface area contributed by atoms with Crippen LogP contribution in [0.2, 0.25) is 0 Å². The van der Waals surface area contributed by atoms with Crippen molar-refractivity contribution in [2.45, 2.75) is 25.0 Å². The zero-order valence-corrected chi connectivity index (χ0v) is 14.9. The molecule has 3 aliphatic rings. The summed E-state index contributed by atoms with van der Waals surface area (Å²) < 4.78 is 0. The summed E-state index contributed by atoms with van der Waals surface area (Å²) >= 11 is 0. The van der Waals surface area contributed by atoms with Crippen LogP contribution in [0.3, 0.4) is 0 Å². The molecule has 2 N–H and O–H groups in total. The number of hydrogen-bond acceptors (Lipinski definition) is 5. The van der Waals surface area contributed by atoms with E-state index in [4.69, 9.17) is 4.99 Å². The third kappa shape index (κ3) is 2.54. The van der Waals surface area contributed by atoms with Crippen LogP contribution in [0.15, 0.2) is 53.5 Å². The van der Waals surface area contributed by atoms with Gasteiger partial charge in [0.05, 0.1) is 6.54 Å². The number of piperidine rings is 1. The first-order chi connectivity index (χ1) is 12.7. The lowest BCUT2D eigenvalue weighted by Crippen LogP contribution is -2.63. The number of benzene rings is 2. The Morgan fingerprint density at radius 1 is 1.04 bits per heavy atom. The second-order valence-corrected chi connectivity index (χ2v) is 7.51. The van der Waals surface area contributed by atoms with Crippen LogP contribution >= 0.6 is 0 Å². The Morgan fingerprint density at radius 3 is 2.73 bits per heavy atom. The minimum atomic E-state index is -0.0149. The second-order valence-electron chi connectivity index (χ2n) is 7.51. The van der Waals surface area contributed by atoms with Crippen LogP contribution in [0.4, 0.5) is 5.69 Å². The third-order valence-corrected chi connectivity index (χ3v) is 5.89. The molecule has 26 heavy (non-hydrogen) atoms. The smallest absolute Gasteiger partial charge is 0.134 e. The highest BCUT2D eigenvalue weighted by Crippen LogP contribution is 2.39. The summed E-state index contributed by atoms with van der Waals surface area (Å²) in [5.41, 5.74) is 3.61. The minimum absolute atomic E-state index is 0.0149. The normalized spacial score (nSPS) is 21.1. The summed E-state index contributed by atoms with van der Waals surface area (Å²) in [5.74, 6) is 1.51. The van der Waals surface area contributed by atoms with Crippen molar-refractivity contribution in [3.63, 3.8) is 0 Å². The predicted molar refractivity (Wildman–Crippen MR) is 104 cm³/mol. The van der Waals surface area contributed by atoms with Crippen LogP contribution in [-0.4, -0.2) is 52.6 Å². The average molecular weight is 348 g/mol. The van der Waals surface area contributed by atoms with Crippen molar-refractivity contribution in [2.24, 2.45) is 4.99 Å². The quantitative estimate of drug-likeness (QED) is 0.876. The van der Waals surface area contributed by atoms with E-state index < -0.39 is 0 Å². The van der Waals surface area contributed by atoms with Crippen LogP contribution in [0, 0.1) is 0 Å². The molecule has 134 valence electrons. The zero-order chi connectivity index (χ0) is 17.6. The Bertz CT molecular complexity index is 855. The SMILES string of the molecule is Oc1cccc(CN2CCC3(CC2)Nc2ccccc2C2=NCCN23)c1. The predicted octanol–water partition coefficient (Wildman–Crippen LogP) is 2.87. The molecule has 3 heterocycles. The lowest BCUT2D eigenvalue weighted by molar-refractivity contribution is 0.0895. The molecule has 0 saturated carbocycles. The first-order valence-electron chi connectivity index (χ1n) is 9.43. The van der Waals surface area contributed by atoms with Gasteiger partial charge in [-0.3, -0.25) is 9.89 Å². The van der Waals surface area contributed by atoms with Crippen molar-refractivity contribution in [2.75, 3.05) is 31.5 Å². The van der Waals surface area contributed by atoms with Crippen molar-refractivity contribution in [3.05, 3.63) is 59.7 Å². The summed E-state index contributed by atoms with van der Waals surface area (Å²) in [5, 5.41) is 13.5. The monoisotopic (exact) mass is 348 g/mol. The minimum Gasteiger partial charge on any atom is -0.508 e. The van der Waals surface area contributed by atoms with Crippen LogP contribution < -0.4 is 5.32 Å². The number of fused-ring (bicyclic) bond motifs is 4. The van der Waals surface area contributed by atoms with Gasteiger partial charge < -0.3 is 15.3 Å². The maximum absolute atomic E-state index is 9.69. The fourth-order valence-corrected chi connectivity index (χ4v) is 4.59. The fraction of sp³-hybridized carbons (Fsp3) is 0.381. The number of nitrogens with zero attached hydrogens (tertiary/aromatic N) is 3. The molecule has 1 fully saturated rings. The van der Waals surface area contributed by atoms with Crippen molar-refractivity contribution in [1.29, 1.82) is 0 Å². The molecule has 1 spiro atoms. The van der Waals surface area contributed by atoms with Gasteiger partial charge in [-0.05, 0) is 29.8 Å². The van der Waals surface area contributed by atoms with E-state index in [9.17, 15) is 5.11 Å². The highest BCUT2D eigenvalue weighted by molar-refractivity contribution is 6.06. The van der Waals surface area contributed by atoms with E-state index in [1.165, 1.54) is 22.6 Å². The fourth-order valence-electron chi connectivity index (χ4n) is 4.59. The Morgan fingerprint density at radius 2 is 1.88 bits per heavy atom. The Kier molecular flexibility index (Phi) is 3.64. The summed E-state index contributed by atoms with van der Waals surface area (Å²) in [6.45, 7) is 4.86. The van der Waals surface area contributed by atoms with Crippen LogP contribution in [0.5, 0.6) is 5.75 Å². The standard InChI is InChI=1S/C21H24N4O/c26-17-5-3-4-16(14-17)15-24-11-8-21(9-12-24)23-19-7-2-1-6-18(19)20-22-10-13-25(20)21/h1-7,14,23,26H,8-13,15H2. The highest BCUT2D eigenvalue weighted by atomic mass is 16.3. The lowest BCUT2D eigenvalue weighted by atomic mass is 9.90. The van der Waals surface area contributed by atoms with E-state index >= 15 is 0 Å². The number of amidine groups is 1. The van der Waals surface area contributed by atoms with Gasteiger partial charge in [-0.1, -0.05) is 24.3 Å². The van der Waals surface area contributed by atoms with Crippen LogP contribution in [-0.2, 0) is 6.54 Å². The average Bonchev–Trinajstić information content (AvgIpc) is 3.15. The summed E-state index contributed by atoms with van der Waals surface area (Å²) in [6, 6.07) is 16.1. The molecule has 0 unspecified atom stereocenters. The molecule has 5 nitrogen and oxygen atoms in total. The lowest BCUT2D eigenvalue weighted by Gasteiger charge is -2.52. The van der Waals surface area contributed by atoms with Gasteiger partial charge in [-0.15, -0.1) is 0 Å². The molecule has 2 aromatic rings. The highest BCUT2D eigenvalue weighted by Gasteiger charge is 2.46. The van der Waals surface area contributed by atoms with E-state index in [1.807, 2.05) is 12.1 Å². The van der Waals surface area contributed by atoms with Gasteiger partial charge in [0.25, 0.3) is 0 Å². The van der Waals surface area contributed by atoms with Gasteiger partial charge in [0.1, 0.15) is 17.2 Å². The van der Waals surface area contributed by atoms with Gasteiger partial charge in [-0.25, -0.2) is 0 Å². The number of para-hydroxylation sites is 1. The number of likely N-dealkylation sites (tertiary alicyclic amines) is 1. The van der Waals surface area contributed by atoms with Gasteiger partial charge in [0.2, 0.25) is 0 Å². The second kappa shape index (κ2) is 6.02. The molecule has 1 saturated heterocycles. The first-order valence-corrected chi connectivity index (χ1v) is 9.43. The van der Waals surface area contributed by atoms with Crippen molar-refractivity contribution in [1.82, 2.24) is 9.80 Å². The maximum Gasteiger partial charge on any atom is 0.134 e. The van der Waals surface area contributed by atoms with E-state index in [1.54, 1.807) is 6.07 Å². The maximum atomic E-state index is 9.69. The Labute approximate surface area is 154 Å². The van der Waals surface area contributed by atoms with Gasteiger partial charge in [0, 0.05) is 50.3 Å². The molecule has 3 aliphatic heterocycles. The Hall–Kier alpha value is -2.53. The number of hydrogen-bond donors (Lipinski definition) is 2. The van der Waals surface area contributed by atoms with Crippen LogP contribution in [0.25, 0.3) is 0 Å². The van der Waals surface area contributed by atoms with Gasteiger partial charge >= 0.3 is 0 Å². The number of aliphatic imine (C=N–C) groups is 1. The molecular formula is C21H24N4O. The molecule has 5 rings (SSSR count). The molecule has 0 aromatic heterocycles. The molecule has 0 atom stereocenters. The molecule has 0 radical (unpaired) electrons. The van der Waals surface area contributed by atoms with E-state index in [-0.39, 0.29) is 5.66 Å². The summed E-state index contributed by atoms with van der Waals surface area (Å²) in [6.07, 6.45) is 2.14. The number of nitrogens with one attached hydrogen (secondary N) is 1. The summed E-state index contributed by atoms with van der Waals surface area (Å²) in [7, 11) is 0. The molecule has 0 amide bonds. The third-order valence-electron chi connectivity index (χ3n) is 5.89.